The maximum atomic E-state index is 13.4. The van der Waals surface area contributed by atoms with Gasteiger partial charge in [-0.15, -0.1) is 0 Å². The molecule has 0 bridgehead atoms. The molecule has 4 aromatic carbocycles. The summed E-state index contributed by atoms with van der Waals surface area (Å²) in [5, 5.41) is 8.81. The number of aromatic nitrogens is 2. The van der Waals surface area contributed by atoms with E-state index in [1.807, 2.05) is 54.6 Å². The number of para-hydroxylation sites is 3. The van der Waals surface area contributed by atoms with Crippen LogP contribution in [-0.2, 0) is 4.79 Å². The molecular formula is C31H21ClN4O4. The van der Waals surface area contributed by atoms with E-state index in [1.165, 1.54) is 10.9 Å². The first-order valence-corrected chi connectivity index (χ1v) is 12.8. The van der Waals surface area contributed by atoms with Crippen LogP contribution in [-0.4, -0.2) is 28.4 Å². The molecule has 1 amide bonds. The van der Waals surface area contributed by atoms with Crippen molar-refractivity contribution in [1.29, 1.82) is 0 Å². The molecule has 196 valence electrons. The molecule has 1 N–H and O–H groups in total. The van der Waals surface area contributed by atoms with Gasteiger partial charge in [-0.1, -0.05) is 60.1 Å². The summed E-state index contributed by atoms with van der Waals surface area (Å²) in [7, 11) is 0. The lowest BCUT2D eigenvalue weighted by Crippen LogP contribution is -2.20. The number of nitrogens with zero attached hydrogens (tertiary/aromatic N) is 3. The van der Waals surface area contributed by atoms with Crippen molar-refractivity contribution in [2.45, 2.75) is 0 Å². The Hall–Kier alpha value is -5.21. The van der Waals surface area contributed by atoms with Crippen LogP contribution >= 0.6 is 11.6 Å². The number of fused-ring (bicyclic) bond motifs is 2. The highest BCUT2D eigenvalue weighted by atomic mass is 35.5. The Morgan fingerprint density at radius 1 is 0.975 bits per heavy atom. The molecule has 0 spiro atoms. The normalized spacial score (nSPS) is 11.3. The van der Waals surface area contributed by atoms with Crippen molar-refractivity contribution in [3.8, 4) is 17.3 Å². The highest BCUT2D eigenvalue weighted by Gasteiger charge is 2.16. The van der Waals surface area contributed by atoms with Gasteiger partial charge in [-0.2, -0.15) is 9.78 Å². The van der Waals surface area contributed by atoms with E-state index >= 15 is 0 Å². The summed E-state index contributed by atoms with van der Waals surface area (Å²) >= 11 is 6.42. The maximum absolute atomic E-state index is 13.4. The Morgan fingerprint density at radius 2 is 1.75 bits per heavy atom. The summed E-state index contributed by atoms with van der Waals surface area (Å²) in [6, 6.07) is 30.6. The first-order chi connectivity index (χ1) is 19.5. The lowest BCUT2D eigenvalue weighted by molar-refractivity contribution is -0.118. The Labute approximate surface area is 233 Å². The van der Waals surface area contributed by atoms with Crippen molar-refractivity contribution < 1.29 is 13.9 Å². The summed E-state index contributed by atoms with van der Waals surface area (Å²) in [5.74, 6) is 0.715. The molecule has 9 heteroatoms. The van der Waals surface area contributed by atoms with Gasteiger partial charge in [-0.3, -0.25) is 9.59 Å². The van der Waals surface area contributed by atoms with Crippen LogP contribution < -0.4 is 15.6 Å². The average molecular weight is 549 g/mol. The van der Waals surface area contributed by atoms with E-state index in [4.69, 9.17) is 20.8 Å². The number of benzene rings is 4. The molecule has 0 aliphatic heterocycles. The number of halogens is 1. The summed E-state index contributed by atoms with van der Waals surface area (Å²) in [6.45, 7) is -0.207. The third kappa shape index (κ3) is 5.21. The van der Waals surface area contributed by atoms with Crippen molar-refractivity contribution in [1.82, 2.24) is 9.66 Å². The predicted molar refractivity (Wildman–Crippen MR) is 156 cm³/mol. The lowest BCUT2D eigenvalue weighted by atomic mass is 10.2. The van der Waals surface area contributed by atoms with Gasteiger partial charge < -0.3 is 14.5 Å². The number of amides is 1. The molecule has 2 heterocycles. The highest BCUT2D eigenvalue weighted by Crippen LogP contribution is 2.28. The second-order valence-electron chi connectivity index (χ2n) is 8.86. The molecule has 0 aliphatic rings. The van der Waals surface area contributed by atoms with Gasteiger partial charge >= 0.3 is 0 Å². The van der Waals surface area contributed by atoms with Crippen LogP contribution in [0.5, 0.6) is 5.75 Å². The molecule has 0 fully saturated rings. The number of carbonyl (C=O) groups excluding carboxylic acids is 1. The fourth-order valence-electron chi connectivity index (χ4n) is 4.18. The number of hydrogen-bond acceptors (Lipinski definition) is 6. The molecule has 0 radical (unpaired) electrons. The molecule has 0 saturated carbocycles. The third-order valence-corrected chi connectivity index (χ3v) is 6.39. The van der Waals surface area contributed by atoms with Crippen LogP contribution in [0, 0.1) is 0 Å². The number of nitrogens with one attached hydrogen (secondary N) is 1. The minimum absolute atomic E-state index is 0.207. The first kappa shape index (κ1) is 25.1. The number of hydrogen-bond donors (Lipinski definition) is 1. The molecule has 0 aliphatic carbocycles. The molecule has 0 saturated heterocycles. The van der Waals surface area contributed by atoms with Crippen molar-refractivity contribution >= 4 is 51.3 Å². The summed E-state index contributed by atoms with van der Waals surface area (Å²) in [6.07, 6.45) is 1.50. The van der Waals surface area contributed by atoms with Crippen molar-refractivity contribution in [3.63, 3.8) is 0 Å². The van der Waals surface area contributed by atoms with Gasteiger partial charge in [0.15, 0.2) is 12.4 Å². The van der Waals surface area contributed by atoms with Crippen LogP contribution in [0.4, 0.5) is 5.69 Å². The fraction of sp³-hybridized carbons (Fsp3) is 0.0323. The third-order valence-electron chi connectivity index (χ3n) is 6.09. The van der Waals surface area contributed by atoms with Gasteiger partial charge in [0.1, 0.15) is 11.3 Å². The predicted octanol–water partition coefficient (Wildman–Crippen LogP) is 6.36. The second kappa shape index (κ2) is 10.9. The summed E-state index contributed by atoms with van der Waals surface area (Å²) < 4.78 is 12.8. The molecular weight excluding hydrogens is 528 g/mol. The molecule has 6 rings (SSSR count). The Bertz CT molecular complexity index is 1910. The zero-order valence-electron chi connectivity index (χ0n) is 21.0. The molecule has 0 atom stereocenters. The van der Waals surface area contributed by atoms with Crippen LogP contribution in [0.3, 0.4) is 0 Å². The van der Waals surface area contributed by atoms with Gasteiger partial charge in [-0.05, 0) is 60.2 Å². The van der Waals surface area contributed by atoms with Gasteiger partial charge in [0.05, 0.1) is 22.1 Å². The number of ether oxygens (including phenoxy) is 1. The Morgan fingerprint density at radius 3 is 2.58 bits per heavy atom. The lowest BCUT2D eigenvalue weighted by Gasteiger charge is -2.09. The zero-order valence-corrected chi connectivity index (χ0v) is 21.7. The largest absolute Gasteiger partial charge is 0.482 e. The van der Waals surface area contributed by atoms with Gasteiger partial charge in [0.25, 0.3) is 11.5 Å². The highest BCUT2D eigenvalue weighted by molar-refractivity contribution is 6.32. The van der Waals surface area contributed by atoms with Gasteiger partial charge in [0, 0.05) is 11.1 Å². The first-order valence-electron chi connectivity index (χ1n) is 12.4. The summed E-state index contributed by atoms with van der Waals surface area (Å²) in [4.78, 5) is 30.3. The van der Waals surface area contributed by atoms with Crippen molar-refractivity contribution in [2.75, 3.05) is 11.9 Å². The Kier molecular flexibility index (Phi) is 6.82. The van der Waals surface area contributed by atoms with Crippen LogP contribution in [0.1, 0.15) is 5.56 Å². The van der Waals surface area contributed by atoms with Crippen molar-refractivity contribution in [2.24, 2.45) is 5.10 Å². The number of carbonyl (C=O) groups is 1. The van der Waals surface area contributed by atoms with E-state index in [0.717, 1.165) is 5.39 Å². The maximum Gasteiger partial charge on any atom is 0.282 e. The average Bonchev–Trinajstić information content (AvgIpc) is 3.41. The van der Waals surface area contributed by atoms with E-state index in [1.54, 1.807) is 48.5 Å². The number of anilines is 1. The van der Waals surface area contributed by atoms with Crippen LogP contribution in [0.2, 0.25) is 5.02 Å². The zero-order chi connectivity index (χ0) is 27.5. The molecule has 0 unspecified atom stereocenters. The minimum Gasteiger partial charge on any atom is -0.482 e. The molecule has 6 aromatic rings. The minimum atomic E-state index is -0.340. The van der Waals surface area contributed by atoms with Crippen molar-refractivity contribution in [3.05, 3.63) is 124 Å². The topological polar surface area (TPSA) is 98.7 Å². The van der Waals surface area contributed by atoms with E-state index < -0.39 is 0 Å². The molecule has 40 heavy (non-hydrogen) atoms. The monoisotopic (exact) mass is 548 g/mol. The molecule has 8 nitrogen and oxygen atoms in total. The van der Waals surface area contributed by atoms with Gasteiger partial charge in [0.2, 0.25) is 5.82 Å². The van der Waals surface area contributed by atoms with E-state index in [0.29, 0.717) is 39.2 Å². The summed E-state index contributed by atoms with van der Waals surface area (Å²) in [5.41, 5.74) is 2.16. The number of furan rings is 1. The number of rotatable bonds is 7. The Balaban J connectivity index is 1.27. The van der Waals surface area contributed by atoms with Gasteiger partial charge in [-0.25, -0.2) is 4.98 Å². The molecule has 2 aromatic heterocycles. The quantitative estimate of drug-likeness (QED) is 0.234. The van der Waals surface area contributed by atoms with E-state index in [-0.39, 0.29) is 28.9 Å². The van der Waals surface area contributed by atoms with Crippen LogP contribution in [0.25, 0.3) is 33.5 Å². The van der Waals surface area contributed by atoms with E-state index in [2.05, 4.69) is 15.4 Å². The smallest absolute Gasteiger partial charge is 0.282 e. The standard InChI is InChI=1S/C31H21ClN4O4/c32-24-16-20(14-15-27(24)39-19-29(37)34-22-9-2-1-3-10-22)18-33-36-30(28-17-21-8-4-7-13-26(21)40-28)35-25-12-6-5-11-23(25)31(36)38/h1-18H,19H2,(H,34,37). The van der Waals surface area contributed by atoms with E-state index in [9.17, 15) is 9.59 Å². The fourth-order valence-corrected chi connectivity index (χ4v) is 4.43. The SMILES string of the molecule is O=C(COc1ccc(C=Nn2c(-c3cc4ccccc4o3)nc3ccccc3c2=O)cc1Cl)Nc1ccccc1. The van der Waals surface area contributed by atoms with Crippen LogP contribution in [0.15, 0.2) is 117 Å². The second-order valence-corrected chi connectivity index (χ2v) is 9.26.